The van der Waals surface area contributed by atoms with Crippen molar-refractivity contribution in [1.29, 1.82) is 0 Å². The molecule has 0 radical (unpaired) electrons. The van der Waals surface area contributed by atoms with E-state index in [9.17, 15) is 5.11 Å². The normalized spacial score (nSPS) is 23.2. The molecule has 0 aliphatic heterocycles. The second-order valence-corrected chi connectivity index (χ2v) is 3.68. The molecular weight excluding hydrogens is 154 g/mol. The zero-order valence-electron chi connectivity index (χ0n) is 7.75. The van der Waals surface area contributed by atoms with Crippen LogP contribution >= 0.6 is 0 Å². The summed E-state index contributed by atoms with van der Waals surface area (Å²) >= 11 is 0. The van der Waals surface area contributed by atoms with Crippen LogP contribution in [0, 0.1) is 0 Å². The Bertz CT molecular complexity index is 129. The number of methoxy groups -OCH3 is 1. The number of hydrogen-bond acceptors (Lipinski definition) is 3. The first-order valence-electron chi connectivity index (χ1n) is 4.66. The number of hydrogen-bond donors (Lipinski definition) is 2. The van der Waals surface area contributed by atoms with Crippen molar-refractivity contribution in [3.05, 3.63) is 0 Å². The molecule has 3 nitrogen and oxygen atoms in total. The summed E-state index contributed by atoms with van der Waals surface area (Å²) in [6.45, 7) is 0.557. The molecule has 0 amide bonds. The minimum absolute atomic E-state index is 0.0193. The molecule has 0 spiro atoms. The second kappa shape index (κ2) is 4.21. The standard InChI is InChI=1S/C9H19NO2/c1-12-9(4-2-5-9)7-8(11)3-6-10/h8,11H,2-7,10H2,1H3. The third-order valence-electron chi connectivity index (χ3n) is 2.81. The summed E-state index contributed by atoms with van der Waals surface area (Å²) in [5, 5.41) is 9.52. The maximum atomic E-state index is 9.52. The van der Waals surface area contributed by atoms with E-state index in [1.165, 1.54) is 6.42 Å². The van der Waals surface area contributed by atoms with Crippen LogP contribution in [-0.2, 0) is 4.74 Å². The summed E-state index contributed by atoms with van der Waals surface area (Å²) in [5.41, 5.74) is 5.33. The van der Waals surface area contributed by atoms with Gasteiger partial charge in [0.25, 0.3) is 0 Å². The van der Waals surface area contributed by atoms with Gasteiger partial charge in [-0.3, -0.25) is 0 Å². The lowest BCUT2D eigenvalue weighted by molar-refractivity contribution is -0.0996. The summed E-state index contributed by atoms with van der Waals surface area (Å²) in [7, 11) is 1.73. The summed E-state index contributed by atoms with van der Waals surface area (Å²) in [6.07, 6.45) is 4.56. The van der Waals surface area contributed by atoms with E-state index in [0.29, 0.717) is 13.0 Å². The van der Waals surface area contributed by atoms with E-state index in [0.717, 1.165) is 19.3 Å². The molecule has 0 aromatic rings. The van der Waals surface area contributed by atoms with Gasteiger partial charge in [0.2, 0.25) is 0 Å². The molecule has 0 aromatic carbocycles. The smallest absolute Gasteiger partial charge is 0.0703 e. The maximum absolute atomic E-state index is 9.52. The number of ether oxygens (including phenoxy) is 1. The van der Waals surface area contributed by atoms with E-state index < -0.39 is 0 Å². The Kier molecular flexibility index (Phi) is 3.50. The molecule has 1 fully saturated rings. The highest BCUT2D eigenvalue weighted by Crippen LogP contribution is 2.39. The number of aliphatic hydroxyl groups excluding tert-OH is 1. The van der Waals surface area contributed by atoms with Crippen LogP contribution in [0.3, 0.4) is 0 Å². The van der Waals surface area contributed by atoms with Gasteiger partial charge in [0, 0.05) is 13.5 Å². The largest absolute Gasteiger partial charge is 0.393 e. The van der Waals surface area contributed by atoms with Crippen LogP contribution < -0.4 is 5.73 Å². The van der Waals surface area contributed by atoms with Crippen molar-refractivity contribution in [3.63, 3.8) is 0 Å². The van der Waals surface area contributed by atoms with Crippen LogP contribution in [0.2, 0.25) is 0 Å². The molecule has 0 aromatic heterocycles. The SMILES string of the molecule is COC1(CC(O)CCN)CCC1. The lowest BCUT2D eigenvalue weighted by Crippen LogP contribution is -2.42. The summed E-state index contributed by atoms with van der Waals surface area (Å²) in [4.78, 5) is 0. The molecule has 3 heteroatoms. The molecule has 72 valence electrons. The molecular formula is C9H19NO2. The molecule has 1 saturated carbocycles. The fourth-order valence-electron chi connectivity index (χ4n) is 1.79. The molecule has 1 atom stereocenters. The third-order valence-corrected chi connectivity index (χ3v) is 2.81. The van der Waals surface area contributed by atoms with E-state index in [1.807, 2.05) is 0 Å². The zero-order chi connectivity index (χ0) is 9.03. The highest BCUT2D eigenvalue weighted by molar-refractivity contribution is 4.91. The van der Waals surface area contributed by atoms with Crippen molar-refractivity contribution < 1.29 is 9.84 Å². The highest BCUT2D eigenvalue weighted by atomic mass is 16.5. The average Bonchev–Trinajstić information content (AvgIpc) is 1.97. The molecule has 0 saturated heterocycles. The van der Waals surface area contributed by atoms with Crippen molar-refractivity contribution >= 4 is 0 Å². The van der Waals surface area contributed by atoms with E-state index in [-0.39, 0.29) is 11.7 Å². The molecule has 1 aliphatic carbocycles. The van der Waals surface area contributed by atoms with E-state index >= 15 is 0 Å². The van der Waals surface area contributed by atoms with Crippen LogP contribution in [0.15, 0.2) is 0 Å². The number of aliphatic hydroxyl groups is 1. The van der Waals surface area contributed by atoms with Crippen LogP contribution in [-0.4, -0.2) is 30.5 Å². The van der Waals surface area contributed by atoms with Crippen LogP contribution in [0.25, 0.3) is 0 Å². The molecule has 12 heavy (non-hydrogen) atoms. The lowest BCUT2D eigenvalue weighted by atomic mass is 9.76. The lowest BCUT2D eigenvalue weighted by Gasteiger charge is -2.41. The zero-order valence-corrected chi connectivity index (χ0v) is 7.75. The van der Waals surface area contributed by atoms with Gasteiger partial charge < -0.3 is 15.6 Å². The first-order valence-corrected chi connectivity index (χ1v) is 4.66. The first kappa shape index (κ1) is 9.96. The van der Waals surface area contributed by atoms with Crippen LogP contribution in [0.1, 0.15) is 32.1 Å². The number of rotatable bonds is 5. The summed E-state index contributed by atoms with van der Waals surface area (Å²) in [5.74, 6) is 0. The molecule has 1 rings (SSSR count). The molecule has 1 aliphatic rings. The van der Waals surface area contributed by atoms with Crippen molar-refractivity contribution in [2.75, 3.05) is 13.7 Å². The van der Waals surface area contributed by atoms with Crippen molar-refractivity contribution in [1.82, 2.24) is 0 Å². The fourth-order valence-corrected chi connectivity index (χ4v) is 1.79. The first-order chi connectivity index (χ1) is 5.72. The highest BCUT2D eigenvalue weighted by Gasteiger charge is 2.38. The average molecular weight is 173 g/mol. The Balaban J connectivity index is 2.27. The predicted molar refractivity (Wildman–Crippen MR) is 47.9 cm³/mol. The van der Waals surface area contributed by atoms with Gasteiger partial charge in [-0.05, 0) is 32.2 Å². The van der Waals surface area contributed by atoms with Crippen molar-refractivity contribution in [3.8, 4) is 0 Å². The third kappa shape index (κ3) is 2.19. The van der Waals surface area contributed by atoms with E-state index in [2.05, 4.69) is 0 Å². The monoisotopic (exact) mass is 173 g/mol. The van der Waals surface area contributed by atoms with Crippen LogP contribution in [0.4, 0.5) is 0 Å². The Morgan fingerprint density at radius 2 is 2.25 bits per heavy atom. The Labute approximate surface area is 73.9 Å². The quantitative estimate of drug-likeness (QED) is 0.642. The Morgan fingerprint density at radius 3 is 2.58 bits per heavy atom. The minimum atomic E-state index is -0.282. The van der Waals surface area contributed by atoms with E-state index in [1.54, 1.807) is 7.11 Å². The maximum Gasteiger partial charge on any atom is 0.0703 e. The van der Waals surface area contributed by atoms with Gasteiger partial charge in [-0.2, -0.15) is 0 Å². The molecule has 0 heterocycles. The Hall–Kier alpha value is -0.120. The second-order valence-electron chi connectivity index (χ2n) is 3.68. The van der Waals surface area contributed by atoms with Gasteiger partial charge in [-0.25, -0.2) is 0 Å². The van der Waals surface area contributed by atoms with Crippen molar-refractivity contribution in [2.45, 2.75) is 43.8 Å². The van der Waals surface area contributed by atoms with Crippen LogP contribution in [0.5, 0.6) is 0 Å². The Morgan fingerprint density at radius 1 is 1.58 bits per heavy atom. The summed E-state index contributed by atoms with van der Waals surface area (Å²) < 4.78 is 5.39. The molecule has 1 unspecified atom stereocenters. The molecule has 3 N–H and O–H groups in total. The van der Waals surface area contributed by atoms with Gasteiger partial charge in [0.05, 0.1) is 11.7 Å². The number of nitrogens with two attached hydrogens (primary N) is 1. The van der Waals surface area contributed by atoms with Gasteiger partial charge in [0.15, 0.2) is 0 Å². The van der Waals surface area contributed by atoms with Gasteiger partial charge in [0.1, 0.15) is 0 Å². The summed E-state index contributed by atoms with van der Waals surface area (Å²) in [6, 6.07) is 0. The fraction of sp³-hybridized carbons (Fsp3) is 1.00. The van der Waals surface area contributed by atoms with Gasteiger partial charge in [-0.15, -0.1) is 0 Å². The van der Waals surface area contributed by atoms with E-state index in [4.69, 9.17) is 10.5 Å². The van der Waals surface area contributed by atoms with Crippen molar-refractivity contribution in [2.24, 2.45) is 5.73 Å². The predicted octanol–water partition coefficient (Wildman–Crippen LogP) is 0.655. The minimum Gasteiger partial charge on any atom is -0.393 e. The topological polar surface area (TPSA) is 55.5 Å². The molecule has 0 bridgehead atoms. The van der Waals surface area contributed by atoms with Gasteiger partial charge >= 0.3 is 0 Å². The van der Waals surface area contributed by atoms with Gasteiger partial charge in [-0.1, -0.05) is 0 Å².